The van der Waals surface area contributed by atoms with Crippen molar-refractivity contribution < 1.29 is 28.6 Å². The third-order valence-corrected chi connectivity index (χ3v) is 10.6. The van der Waals surface area contributed by atoms with Gasteiger partial charge in [-0.05, 0) is 31.1 Å². The Labute approximate surface area is 323 Å². The van der Waals surface area contributed by atoms with E-state index in [0.29, 0.717) is 19.3 Å². The molecule has 0 fully saturated rings. The molecule has 0 rings (SSSR count). The van der Waals surface area contributed by atoms with Crippen molar-refractivity contribution in [1.29, 1.82) is 0 Å². The topological polar surface area (TPSA) is 78.9 Å². The number of hydrogen-bond acceptors (Lipinski definition) is 6. The lowest BCUT2D eigenvalue weighted by molar-refractivity contribution is -0.167. The second-order valence-corrected chi connectivity index (χ2v) is 16.4. The lowest BCUT2D eigenvalue weighted by Crippen LogP contribution is -2.30. The van der Waals surface area contributed by atoms with Gasteiger partial charge in [0, 0.05) is 19.3 Å². The zero-order valence-electron chi connectivity index (χ0n) is 35.4. The molecule has 0 aromatic heterocycles. The molecule has 0 aliphatic carbocycles. The number of esters is 3. The first-order valence-electron chi connectivity index (χ1n) is 22.8. The highest BCUT2D eigenvalue weighted by Crippen LogP contribution is 2.17. The maximum absolute atomic E-state index is 12.6. The first-order chi connectivity index (χ1) is 25.3. The molecule has 1 unspecified atom stereocenters. The van der Waals surface area contributed by atoms with Crippen LogP contribution in [0, 0.1) is 11.8 Å². The Hall–Kier alpha value is -1.59. The van der Waals surface area contributed by atoms with E-state index >= 15 is 0 Å². The van der Waals surface area contributed by atoms with E-state index in [-0.39, 0.29) is 31.1 Å². The molecule has 6 heteroatoms. The van der Waals surface area contributed by atoms with E-state index in [9.17, 15) is 14.4 Å². The van der Waals surface area contributed by atoms with Gasteiger partial charge in [0.15, 0.2) is 6.10 Å². The molecule has 52 heavy (non-hydrogen) atoms. The van der Waals surface area contributed by atoms with Crippen LogP contribution in [0.3, 0.4) is 0 Å². The number of unbranched alkanes of at least 4 members (excludes halogenated alkanes) is 24. The molecule has 0 heterocycles. The van der Waals surface area contributed by atoms with Gasteiger partial charge in [0.25, 0.3) is 0 Å². The fourth-order valence-corrected chi connectivity index (χ4v) is 6.72. The smallest absolute Gasteiger partial charge is 0.306 e. The third-order valence-electron chi connectivity index (χ3n) is 10.6. The van der Waals surface area contributed by atoms with Crippen molar-refractivity contribution >= 4 is 17.9 Å². The van der Waals surface area contributed by atoms with Gasteiger partial charge in [0.1, 0.15) is 13.2 Å². The Balaban J connectivity index is 4.24. The van der Waals surface area contributed by atoms with Gasteiger partial charge in [-0.25, -0.2) is 0 Å². The summed E-state index contributed by atoms with van der Waals surface area (Å²) in [5.41, 5.74) is 0. The highest BCUT2D eigenvalue weighted by Gasteiger charge is 2.19. The van der Waals surface area contributed by atoms with Crippen LogP contribution in [0.25, 0.3) is 0 Å². The van der Waals surface area contributed by atoms with Crippen LogP contribution >= 0.6 is 0 Å². The van der Waals surface area contributed by atoms with Crippen LogP contribution in [0.1, 0.15) is 247 Å². The summed E-state index contributed by atoms with van der Waals surface area (Å²) in [5.74, 6) is 0.817. The lowest BCUT2D eigenvalue weighted by atomic mass is 9.99. The molecule has 0 aromatic carbocycles. The fraction of sp³-hybridized carbons (Fsp3) is 0.935. The summed E-state index contributed by atoms with van der Waals surface area (Å²) in [6.07, 6.45) is 36.6. The minimum absolute atomic E-state index is 0.0655. The highest BCUT2D eigenvalue weighted by molar-refractivity contribution is 5.71. The van der Waals surface area contributed by atoms with Crippen LogP contribution in [0.2, 0.25) is 0 Å². The van der Waals surface area contributed by atoms with Crippen LogP contribution in [0.4, 0.5) is 0 Å². The number of hydrogen-bond donors (Lipinski definition) is 0. The standard InChI is InChI=1S/C46H88O6/c1-6-8-9-10-19-28-33-38-46(49)52-43(40-51-45(48)37-32-27-23-18-17-21-25-30-35-42(5)7-2)39-50-44(47)36-31-26-22-16-14-12-11-13-15-20-24-29-34-41(3)4/h41-43H,6-40H2,1-5H3/t42?,43-/m0/s1. The Kier molecular flexibility index (Phi) is 37.9. The van der Waals surface area contributed by atoms with Crippen molar-refractivity contribution in [1.82, 2.24) is 0 Å². The molecule has 6 nitrogen and oxygen atoms in total. The van der Waals surface area contributed by atoms with Gasteiger partial charge in [-0.2, -0.15) is 0 Å². The van der Waals surface area contributed by atoms with Crippen LogP contribution < -0.4 is 0 Å². The second kappa shape index (κ2) is 39.1. The van der Waals surface area contributed by atoms with Gasteiger partial charge in [0.2, 0.25) is 0 Å². The normalized spacial score (nSPS) is 12.6. The van der Waals surface area contributed by atoms with E-state index in [1.165, 1.54) is 135 Å². The summed E-state index contributed by atoms with van der Waals surface area (Å²) in [5, 5.41) is 0. The average Bonchev–Trinajstić information content (AvgIpc) is 3.12. The molecule has 2 atom stereocenters. The quantitative estimate of drug-likeness (QED) is 0.0354. The summed E-state index contributed by atoms with van der Waals surface area (Å²) >= 11 is 0. The van der Waals surface area contributed by atoms with E-state index in [1.807, 2.05) is 0 Å². The largest absolute Gasteiger partial charge is 0.462 e. The average molecular weight is 737 g/mol. The predicted molar refractivity (Wildman–Crippen MR) is 220 cm³/mol. The lowest BCUT2D eigenvalue weighted by Gasteiger charge is -2.18. The molecular formula is C46H88O6. The van der Waals surface area contributed by atoms with E-state index in [1.54, 1.807) is 0 Å². The maximum atomic E-state index is 12.6. The SMILES string of the molecule is CCCCCCCCCC(=O)O[C@@H](COC(=O)CCCCCCCCCCCCCCC(C)C)COC(=O)CCCCCCCCCCC(C)CC. The molecule has 0 saturated carbocycles. The van der Waals surface area contributed by atoms with Gasteiger partial charge in [-0.3, -0.25) is 14.4 Å². The molecule has 0 saturated heterocycles. The van der Waals surface area contributed by atoms with Gasteiger partial charge < -0.3 is 14.2 Å². The maximum Gasteiger partial charge on any atom is 0.306 e. The van der Waals surface area contributed by atoms with Crippen molar-refractivity contribution in [2.45, 2.75) is 253 Å². The van der Waals surface area contributed by atoms with Crippen LogP contribution in [-0.4, -0.2) is 37.2 Å². The summed E-state index contributed by atoms with van der Waals surface area (Å²) in [6.45, 7) is 11.3. The van der Waals surface area contributed by atoms with Crippen molar-refractivity contribution in [3.05, 3.63) is 0 Å². The van der Waals surface area contributed by atoms with E-state index in [4.69, 9.17) is 14.2 Å². The highest BCUT2D eigenvalue weighted by atomic mass is 16.6. The number of ether oxygens (including phenoxy) is 3. The van der Waals surface area contributed by atoms with Crippen LogP contribution in [-0.2, 0) is 28.6 Å². The summed E-state index contributed by atoms with van der Waals surface area (Å²) in [6, 6.07) is 0. The third kappa shape index (κ3) is 38.1. The van der Waals surface area contributed by atoms with Crippen molar-refractivity contribution in [3.8, 4) is 0 Å². The Bertz CT molecular complexity index is 796. The zero-order chi connectivity index (χ0) is 38.3. The zero-order valence-corrected chi connectivity index (χ0v) is 35.4. The predicted octanol–water partition coefficient (Wildman–Crippen LogP) is 14.2. The summed E-state index contributed by atoms with van der Waals surface area (Å²) in [7, 11) is 0. The summed E-state index contributed by atoms with van der Waals surface area (Å²) in [4.78, 5) is 37.6. The fourth-order valence-electron chi connectivity index (χ4n) is 6.72. The molecule has 0 aromatic rings. The Morgan fingerprint density at radius 2 is 0.731 bits per heavy atom. The number of carbonyl (C=O) groups is 3. The van der Waals surface area contributed by atoms with Gasteiger partial charge in [0.05, 0.1) is 0 Å². The molecule has 0 aliphatic rings. The minimum atomic E-state index is -0.759. The molecule has 0 spiro atoms. The molecule has 0 amide bonds. The first kappa shape index (κ1) is 50.4. The van der Waals surface area contributed by atoms with Crippen LogP contribution in [0.5, 0.6) is 0 Å². The monoisotopic (exact) mass is 737 g/mol. The minimum Gasteiger partial charge on any atom is -0.462 e. The van der Waals surface area contributed by atoms with E-state index in [0.717, 1.165) is 69.6 Å². The molecule has 0 radical (unpaired) electrons. The van der Waals surface area contributed by atoms with E-state index < -0.39 is 6.10 Å². The number of carbonyl (C=O) groups excluding carboxylic acids is 3. The molecule has 0 bridgehead atoms. The van der Waals surface area contributed by atoms with Gasteiger partial charge >= 0.3 is 17.9 Å². The van der Waals surface area contributed by atoms with Crippen molar-refractivity contribution in [2.75, 3.05) is 13.2 Å². The molecule has 0 N–H and O–H groups in total. The Morgan fingerprint density at radius 1 is 0.404 bits per heavy atom. The Morgan fingerprint density at radius 3 is 1.10 bits per heavy atom. The number of rotatable bonds is 40. The molecule has 308 valence electrons. The van der Waals surface area contributed by atoms with Crippen molar-refractivity contribution in [2.24, 2.45) is 11.8 Å². The molecular weight excluding hydrogens is 649 g/mol. The van der Waals surface area contributed by atoms with E-state index in [2.05, 4.69) is 34.6 Å². The summed E-state index contributed by atoms with van der Waals surface area (Å²) < 4.78 is 16.7. The van der Waals surface area contributed by atoms with Crippen LogP contribution in [0.15, 0.2) is 0 Å². The second-order valence-electron chi connectivity index (χ2n) is 16.4. The van der Waals surface area contributed by atoms with Crippen molar-refractivity contribution in [3.63, 3.8) is 0 Å². The first-order valence-corrected chi connectivity index (χ1v) is 22.8. The molecule has 0 aliphatic heterocycles. The van der Waals surface area contributed by atoms with Gasteiger partial charge in [-0.1, -0.05) is 208 Å². The van der Waals surface area contributed by atoms with Gasteiger partial charge in [-0.15, -0.1) is 0 Å².